The summed E-state index contributed by atoms with van der Waals surface area (Å²) in [5.74, 6) is 1.90. The van der Waals surface area contributed by atoms with Crippen LogP contribution in [-0.2, 0) is 6.42 Å². The van der Waals surface area contributed by atoms with Gasteiger partial charge in [-0.25, -0.2) is 0 Å². The summed E-state index contributed by atoms with van der Waals surface area (Å²) in [5, 5.41) is 9.51. The Morgan fingerprint density at radius 3 is 2.84 bits per heavy atom. The largest absolute Gasteiger partial charge is 0.339 e. The molecular formula is C13H18BrN3OS. The summed E-state index contributed by atoms with van der Waals surface area (Å²) in [6, 6.07) is 2.37. The Morgan fingerprint density at radius 1 is 1.47 bits per heavy atom. The number of likely N-dealkylation sites (N-methyl/N-ethyl adjacent to an activating group) is 1. The molecular weight excluding hydrogens is 326 g/mol. The Bertz CT molecular complexity index is 523. The Labute approximate surface area is 125 Å². The Kier molecular flexibility index (Phi) is 5.13. The summed E-state index contributed by atoms with van der Waals surface area (Å²) in [7, 11) is 0. The van der Waals surface area contributed by atoms with Gasteiger partial charge in [-0.2, -0.15) is 4.98 Å². The summed E-state index contributed by atoms with van der Waals surface area (Å²) in [6.45, 7) is 7.45. The van der Waals surface area contributed by atoms with Gasteiger partial charge in [0.15, 0.2) is 0 Å². The van der Waals surface area contributed by atoms with E-state index in [1.807, 2.05) is 11.4 Å². The molecule has 104 valence electrons. The number of hydrogen-bond donors (Lipinski definition) is 1. The first-order valence-corrected chi connectivity index (χ1v) is 8.07. The molecule has 4 nitrogen and oxygen atoms in total. The predicted molar refractivity (Wildman–Crippen MR) is 81.3 cm³/mol. The highest BCUT2D eigenvalue weighted by molar-refractivity contribution is 9.10. The van der Waals surface area contributed by atoms with Crippen molar-refractivity contribution in [1.29, 1.82) is 0 Å². The summed E-state index contributed by atoms with van der Waals surface area (Å²) < 4.78 is 6.39. The predicted octanol–water partition coefficient (Wildman–Crippen LogP) is 3.74. The highest BCUT2D eigenvalue weighted by Crippen LogP contribution is 2.27. The van der Waals surface area contributed by atoms with E-state index in [2.05, 4.69) is 52.2 Å². The lowest BCUT2D eigenvalue weighted by Gasteiger charge is -2.19. The third-order valence-electron chi connectivity index (χ3n) is 2.92. The van der Waals surface area contributed by atoms with Crippen molar-refractivity contribution in [2.24, 2.45) is 5.92 Å². The van der Waals surface area contributed by atoms with Crippen LogP contribution >= 0.6 is 27.3 Å². The van der Waals surface area contributed by atoms with E-state index in [1.165, 1.54) is 0 Å². The smallest absolute Gasteiger partial charge is 0.228 e. The van der Waals surface area contributed by atoms with Gasteiger partial charge in [0, 0.05) is 22.3 Å². The van der Waals surface area contributed by atoms with E-state index >= 15 is 0 Å². The number of thiophene rings is 1. The van der Waals surface area contributed by atoms with Gasteiger partial charge >= 0.3 is 0 Å². The van der Waals surface area contributed by atoms with Crippen molar-refractivity contribution in [3.63, 3.8) is 0 Å². The molecule has 0 amide bonds. The molecule has 0 aliphatic rings. The highest BCUT2D eigenvalue weighted by atomic mass is 79.9. The molecule has 0 spiro atoms. The van der Waals surface area contributed by atoms with Gasteiger partial charge in [0.05, 0.1) is 4.88 Å². The molecule has 0 bridgehead atoms. The zero-order chi connectivity index (χ0) is 13.8. The van der Waals surface area contributed by atoms with Crippen molar-refractivity contribution < 1.29 is 4.52 Å². The molecule has 2 aromatic heterocycles. The Morgan fingerprint density at radius 2 is 2.26 bits per heavy atom. The van der Waals surface area contributed by atoms with Gasteiger partial charge in [-0.05, 0) is 34.5 Å². The van der Waals surface area contributed by atoms with E-state index in [9.17, 15) is 0 Å². The van der Waals surface area contributed by atoms with Gasteiger partial charge in [0.25, 0.3) is 0 Å². The zero-order valence-electron chi connectivity index (χ0n) is 11.3. The standard InChI is InChI=1S/C13H18BrN3OS/c1-4-15-10(8(2)3)6-12-16-13(17-18-12)11-5-9(14)7-19-11/h5,7-8,10,15H,4,6H2,1-3H3. The maximum atomic E-state index is 5.35. The average molecular weight is 344 g/mol. The fraction of sp³-hybridized carbons (Fsp3) is 0.538. The molecule has 1 atom stereocenters. The van der Waals surface area contributed by atoms with Crippen molar-refractivity contribution in [1.82, 2.24) is 15.5 Å². The van der Waals surface area contributed by atoms with Gasteiger partial charge in [0.1, 0.15) is 0 Å². The maximum absolute atomic E-state index is 5.35. The minimum absolute atomic E-state index is 0.369. The molecule has 0 aliphatic carbocycles. The normalized spacial score (nSPS) is 13.1. The number of nitrogens with zero attached hydrogens (tertiary/aromatic N) is 2. The second-order valence-electron chi connectivity index (χ2n) is 4.75. The van der Waals surface area contributed by atoms with Crippen molar-refractivity contribution in [3.8, 4) is 10.7 Å². The molecule has 0 aromatic carbocycles. The topological polar surface area (TPSA) is 51.0 Å². The van der Waals surface area contributed by atoms with Crippen LogP contribution in [0.3, 0.4) is 0 Å². The van der Waals surface area contributed by atoms with Crippen molar-refractivity contribution in [3.05, 3.63) is 21.8 Å². The highest BCUT2D eigenvalue weighted by Gasteiger charge is 2.18. The van der Waals surface area contributed by atoms with E-state index in [0.29, 0.717) is 23.7 Å². The summed E-state index contributed by atoms with van der Waals surface area (Å²) in [4.78, 5) is 5.49. The minimum Gasteiger partial charge on any atom is -0.339 e. The van der Waals surface area contributed by atoms with Gasteiger partial charge in [0.2, 0.25) is 11.7 Å². The number of hydrogen-bond acceptors (Lipinski definition) is 5. The van der Waals surface area contributed by atoms with Crippen LogP contribution in [0.2, 0.25) is 0 Å². The first-order chi connectivity index (χ1) is 9.10. The molecule has 2 heterocycles. The number of halogens is 1. The van der Waals surface area contributed by atoms with Crippen LogP contribution in [0.25, 0.3) is 10.7 Å². The molecule has 0 saturated heterocycles. The molecule has 0 radical (unpaired) electrons. The maximum Gasteiger partial charge on any atom is 0.228 e. The molecule has 0 aliphatic heterocycles. The summed E-state index contributed by atoms with van der Waals surface area (Å²) in [6.07, 6.45) is 0.769. The molecule has 2 rings (SSSR count). The average Bonchev–Trinajstić information content (AvgIpc) is 2.97. The lowest BCUT2D eigenvalue weighted by molar-refractivity contribution is 0.329. The van der Waals surface area contributed by atoms with Crippen molar-refractivity contribution in [2.75, 3.05) is 6.54 Å². The SMILES string of the molecule is CCNC(Cc1nc(-c2cc(Br)cs2)no1)C(C)C. The third-order valence-corrected chi connectivity index (χ3v) is 4.61. The Balaban J connectivity index is 2.08. The lowest BCUT2D eigenvalue weighted by Crippen LogP contribution is -2.35. The van der Waals surface area contributed by atoms with Gasteiger partial charge in [-0.1, -0.05) is 25.9 Å². The summed E-state index contributed by atoms with van der Waals surface area (Å²) in [5.41, 5.74) is 0. The zero-order valence-corrected chi connectivity index (χ0v) is 13.7. The number of rotatable bonds is 6. The Hall–Kier alpha value is -0.720. The van der Waals surface area contributed by atoms with E-state index in [0.717, 1.165) is 22.3 Å². The van der Waals surface area contributed by atoms with Gasteiger partial charge in [-0.15, -0.1) is 11.3 Å². The van der Waals surface area contributed by atoms with Gasteiger partial charge in [-0.3, -0.25) is 0 Å². The fourth-order valence-corrected chi connectivity index (χ4v) is 3.21. The van der Waals surface area contributed by atoms with Crippen LogP contribution in [0.1, 0.15) is 26.7 Å². The first-order valence-electron chi connectivity index (χ1n) is 6.40. The first kappa shape index (κ1) is 14.7. The van der Waals surface area contributed by atoms with E-state index < -0.39 is 0 Å². The van der Waals surface area contributed by atoms with Gasteiger partial charge < -0.3 is 9.84 Å². The van der Waals surface area contributed by atoms with Crippen molar-refractivity contribution in [2.45, 2.75) is 33.2 Å². The van der Waals surface area contributed by atoms with Crippen LogP contribution in [0.4, 0.5) is 0 Å². The van der Waals surface area contributed by atoms with Crippen LogP contribution in [0.5, 0.6) is 0 Å². The number of nitrogens with one attached hydrogen (secondary N) is 1. The lowest BCUT2D eigenvalue weighted by atomic mass is 10.0. The van der Waals surface area contributed by atoms with Crippen LogP contribution in [0.15, 0.2) is 20.4 Å². The minimum atomic E-state index is 0.369. The van der Waals surface area contributed by atoms with Crippen LogP contribution in [-0.4, -0.2) is 22.7 Å². The molecule has 2 aromatic rings. The monoisotopic (exact) mass is 343 g/mol. The number of aromatic nitrogens is 2. The second kappa shape index (κ2) is 6.63. The molecule has 19 heavy (non-hydrogen) atoms. The fourth-order valence-electron chi connectivity index (χ4n) is 1.86. The van der Waals surface area contributed by atoms with Crippen LogP contribution in [0, 0.1) is 5.92 Å². The van der Waals surface area contributed by atoms with Crippen LogP contribution < -0.4 is 5.32 Å². The summed E-state index contributed by atoms with van der Waals surface area (Å²) >= 11 is 5.03. The molecule has 6 heteroatoms. The van der Waals surface area contributed by atoms with E-state index in [4.69, 9.17) is 4.52 Å². The second-order valence-corrected chi connectivity index (χ2v) is 6.58. The van der Waals surface area contributed by atoms with E-state index in [1.54, 1.807) is 11.3 Å². The molecule has 0 fully saturated rings. The van der Waals surface area contributed by atoms with Crippen molar-refractivity contribution >= 4 is 27.3 Å². The quantitative estimate of drug-likeness (QED) is 0.867. The molecule has 1 N–H and O–H groups in total. The molecule has 1 unspecified atom stereocenters. The third kappa shape index (κ3) is 3.87. The van der Waals surface area contributed by atoms with E-state index in [-0.39, 0.29) is 0 Å². The molecule has 0 saturated carbocycles.